The Bertz CT molecular complexity index is 755. The van der Waals surface area contributed by atoms with Gasteiger partial charge in [0.05, 0.1) is 6.54 Å². The average molecular weight is 302 g/mol. The third-order valence-electron chi connectivity index (χ3n) is 3.35. The Kier molecular flexibility index (Phi) is 3.73. The van der Waals surface area contributed by atoms with Crippen LogP contribution in [0, 0.1) is 0 Å². The minimum atomic E-state index is -0.698. The van der Waals surface area contributed by atoms with E-state index in [0.717, 1.165) is 6.07 Å². The number of carbonyl (C=O) groups excluding carboxylic acids is 1. The van der Waals surface area contributed by atoms with E-state index in [0.29, 0.717) is 25.4 Å². The van der Waals surface area contributed by atoms with Crippen LogP contribution in [0.3, 0.4) is 0 Å². The Labute approximate surface area is 124 Å². The zero-order valence-electron chi connectivity index (χ0n) is 11.6. The molecular formula is C14H14N4O4. The second kappa shape index (κ2) is 5.84. The molecule has 1 aliphatic heterocycles. The van der Waals surface area contributed by atoms with Crippen LogP contribution < -0.4 is 16.0 Å². The summed E-state index contributed by atoms with van der Waals surface area (Å²) >= 11 is 0. The lowest BCUT2D eigenvalue weighted by molar-refractivity contribution is 0.0764. The molecule has 1 aliphatic rings. The quantitative estimate of drug-likeness (QED) is 0.813. The molecule has 0 radical (unpaired) electrons. The molecule has 22 heavy (non-hydrogen) atoms. The summed E-state index contributed by atoms with van der Waals surface area (Å²) in [5.41, 5.74) is -1.32. The fraction of sp³-hybridized carbons (Fsp3) is 0.286. The number of hydrogen-bond donors (Lipinski definition) is 2. The lowest BCUT2D eigenvalue weighted by Gasteiger charge is -2.16. The molecule has 114 valence electrons. The van der Waals surface area contributed by atoms with Crippen molar-refractivity contribution in [2.45, 2.75) is 12.5 Å². The summed E-state index contributed by atoms with van der Waals surface area (Å²) < 4.78 is 5.69. The lowest BCUT2D eigenvalue weighted by atomic mass is 10.3. The first-order valence-corrected chi connectivity index (χ1v) is 6.82. The van der Waals surface area contributed by atoms with Crippen molar-refractivity contribution in [3.05, 3.63) is 57.0 Å². The van der Waals surface area contributed by atoms with Crippen LogP contribution in [-0.4, -0.2) is 45.0 Å². The van der Waals surface area contributed by atoms with E-state index >= 15 is 0 Å². The maximum Gasteiger partial charge on any atom is 0.326 e. The molecule has 2 aromatic heterocycles. The van der Waals surface area contributed by atoms with Gasteiger partial charge < -0.3 is 14.6 Å². The van der Waals surface area contributed by atoms with Gasteiger partial charge in [0.25, 0.3) is 11.5 Å². The van der Waals surface area contributed by atoms with Crippen LogP contribution in [0.5, 0.6) is 5.88 Å². The number of aromatic amines is 2. The molecular weight excluding hydrogens is 288 g/mol. The first kappa shape index (κ1) is 14.1. The van der Waals surface area contributed by atoms with Gasteiger partial charge in [0, 0.05) is 31.3 Å². The molecule has 0 spiro atoms. The van der Waals surface area contributed by atoms with Gasteiger partial charge in [-0.25, -0.2) is 9.78 Å². The van der Waals surface area contributed by atoms with Crippen LogP contribution in [-0.2, 0) is 0 Å². The number of carbonyl (C=O) groups is 1. The normalized spacial score (nSPS) is 17.5. The van der Waals surface area contributed by atoms with Crippen LogP contribution in [0.1, 0.15) is 16.9 Å². The van der Waals surface area contributed by atoms with Gasteiger partial charge in [0.15, 0.2) is 0 Å². The molecule has 0 aromatic carbocycles. The van der Waals surface area contributed by atoms with Gasteiger partial charge in [-0.15, -0.1) is 0 Å². The average Bonchev–Trinajstić information content (AvgIpc) is 2.95. The van der Waals surface area contributed by atoms with Gasteiger partial charge in [0.1, 0.15) is 11.8 Å². The topological polar surface area (TPSA) is 108 Å². The first-order valence-electron chi connectivity index (χ1n) is 6.82. The predicted molar refractivity (Wildman–Crippen MR) is 76.9 cm³/mol. The van der Waals surface area contributed by atoms with Crippen LogP contribution in [0.25, 0.3) is 0 Å². The van der Waals surface area contributed by atoms with Gasteiger partial charge in [-0.1, -0.05) is 6.07 Å². The van der Waals surface area contributed by atoms with E-state index in [9.17, 15) is 14.4 Å². The minimum absolute atomic E-state index is 0.0211. The maximum absolute atomic E-state index is 12.3. The molecule has 0 aliphatic carbocycles. The molecule has 1 amide bonds. The third kappa shape index (κ3) is 3.05. The van der Waals surface area contributed by atoms with Crippen molar-refractivity contribution < 1.29 is 9.53 Å². The standard InChI is InChI=1S/C14H14N4O4/c19-11-7-10(16-14(21)17-11)13(20)18-6-4-9(8-18)22-12-3-1-2-5-15-12/h1-3,5,7,9H,4,6,8H2,(H2,16,17,19,21)/t9-/m1/s1. The number of amides is 1. The Morgan fingerprint density at radius 3 is 2.91 bits per heavy atom. The molecule has 1 saturated heterocycles. The van der Waals surface area contributed by atoms with Crippen LogP contribution in [0.15, 0.2) is 40.1 Å². The van der Waals surface area contributed by atoms with Crippen molar-refractivity contribution in [3.63, 3.8) is 0 Å². The highest BCUT2D eigenvalue weighted by Crippen LogP contribution is 2.17. The van der Waals surface area contributed by atoms with Crippen molar-refractivity contribution in [3.8, 4) is 5.88 Å². The molecule has 8 nitrogen and oxygen atoms in total. The van der Waals surface area contributed by atoms with E-state index in [4.69, 9.17) is 4.74 Å². The number of H-pyrrole nitrogens is 2. The van der Waals surface area contributed by atoms with E-state index < -0.39 is 17.2 Å². The summed E-state index contributed by atoms with van der Waals surface area (Å²) in [4.78, 5) is 44.7. The summed E-state index contributed by atoms with van der Waals surface area (Å²) in [6.07, 6.45) is 2.14. The monoisotopic (exact) mass is 302 g/mol. The van der Waals surface area contributed by atoms with Crippen molar-refractivity contribution in [2.75, 3.05) is 13.1 Å². The Balaban J connectivity index is 1.68. The van der Waals surface area contributed by atoms with Crippen molar-refractivity contribution in [1.82, 2.24) is 19.9 Å². The van der Waals surface area contributed by atoms with Crippen molar-refractivity contribution in [2.24, 2.45) is 0 Å². The number of pyridine rings is 1. The Morgan fingerprint density at radius 2 is 2.18 bits per heavy atom. The Morgan fingerprint density at radius 1 is 1.32 bits per heavy atom. The number of rotatable bonds is 3. The lowest BCUT2D eigenvalue weighted by Crippen LogP contribution is -2.34. The molecule has 1 atom stereocenters. The van der Waals surface area contributed by atoms with Crippen LogP contribution >= 0.6 is 0 Å². The molecule has 3 rings (SSSR count). The summed E-state index contributed by atoms with van der Waals surface area (Å²) in [6.45, 7) is 0.870. The zero-order chi connectivity index (χ0) is 15.5. The summed E-state index contributed by atoms with van der Waals surface area (Å²) in [5, 5.41) is 0. The van der Waals surface area contributed by atoms with Gasteiger partial charge in [-0.05, 0) is 6.07 Å². The second-order valence-corrected chi connectivity index (χ2v) is 4.95. The molecule has 2 aromatic rings. The number of hydrogen-bond acceptors (Lipinski definition) is 5. The maximum atomic E-state index is 12.3. The smallest absolute Gasteiger partial charge is 0.326 e. The fourth-order valence-electron chi connectivity index (χ4n) is 2.35. The summed E-state index contributed by atoms with van der Waals surface area (Å²) in [5.74, 6) is 0.113. The summed E-state index contributed by atoms with van der Waals surface area (Å²) in [7, 11) is 0. The minimum Gasteiger partial charge on any atom is -0.472 e. The number of nitrogens with one attached hydrogen (secondary N) is 2. The van der Waals surface area contributed by atoms with Crippen molar-refractivity contribution in [1.29, 1.82) is 0 Å². The SMILES string of the molecule is O=C(c1cc(=O)[nH]c(=O)[nH]1)N1CC[C@@H](Oc2ccccn2)C1. The highest BCUT2D eigenvalue weighted by Gasteiger charge is 2.29. The number of likely N-dealkylation sites (tertiary alicyclic amines) is 1. The van der Waals surface area contributed by atoms with Gasteiger partial charge in [-0.2, -0.15) is 0 Å². The number of aromatic nitrogens is 3. The summed E-state index contributed by atoms with van der Waals surface area (Å²) in [6, 6.07) is 6.44. The molecule has 8 heteroatoms. The predicted octanol–water partition coefficient (Wildman–Crippen LogP) is -0.248. The third-order valence-corrected chi connectivity index (χ3v) is 3.35. The zero-order valence-corrected chi connectivity index (χ0v) is 11.6. The van der Waals surface area contributed by atoms with E-state index in [1.165, 1.54) is 0 Å². The first-order chi connectivity index (χ1) is 10.6. The van der Waals surface area contributed by atoms with Crippen molar-refractivity contribution >= 4 is 5.91 Å². The van der Waals surface area contributed by atoms with E-state index in [1.54, 1.807) is 23.2 Å². The van der Waals surface area contributed by atoms with Gasteiger partial charge in [-0.3, -0.25) is 14.6 Å². The van der Waals surface area contributed by atoms with E-state index in [1.807, 2.05) is 11.1 Å². The van der Waals surface area contributed by atoms with E-state index in [2.05, 4.69) is 9.97 Å². The largest absolute Gasteiger partial charge is 0.472 e. The molecule has 0 saturated carbocycles. The molecule has 0 unspecified atom stereocenters. The Hall–Kier alpha value is -2.90. The van der Waals surface area contributed by atoms with Gasteiger partial charge >= 0.3 is 5.69 Å². The second-order valence-electron chi connectivity index (χ2n) is 4.95. The molecule has 1 fully saturated rings. The van der Waals surface area contributed by atoms with E-state index in [-0.39, 0.29) is 11.8 Å². The molecule has 3 heterocycles. The van der Waals surface area contributed by atoms with Crippen LogP contribution in [0.4, 0.5) is 0 Å². The highest BCUT2D eigenvalue weighted by atomic mass is 16.5. The van der Waals surface area contributed by atoms with Crippen LogP contribution in [0.2, 0.25) is 0 Å². The molecule has 2 N–H and O–H groups in total. The highest BCUT2D eigenvalue weighted by molar-refractivity contribution is 5.92. The number of ether oxygens (including phenoxy) is 1. The number of nitrogens with zero attached hydrogens (tertiary/aromatic N) is 2. The molecule has 0 bridgehead atoms. The van der Waals surface area contributed by atoms with Gasteiger partial charge in [0.2, 0.25) is 5.88 Å². The fourth-order valence-corrected chi connectivity index (χ4v) is 2.35.